The fourth-order valence-electron chi connectivity index (χ4n) is 2.75. The van der Waals surface area contributed by atoms with Crippen LogP contribution >= 0.6 is 0 Å². The van der Waals surface area contributed by atoms with Crippen LogP contribution < -0.4 is 0 Å². The van der Waals surface area contributed by atoms with Gasteiger partial charge in [-0.3, -0.25) is 4.90 Å². The van der Waals surface area contributed by atoms with Crippen LogP contribution in [0.1, 0.15) is 37.3 Å². The molecule has 1 aliphatic rings. The largest absolute Gasteiger partial charge is 0.393 e. The van der Waals surface area contributed by atoms with Crippen molar-refractivity contribution in [3.8, 4) is 6.07 Å². The smallest absolute Gasteiger partial charge is 0.140 e. The van der Waals surface area contributed by atoms with Crippen LogP contribution in [0.3, 0.4) is 0 Å². The first kappa shape index (κ1) is 14.0. The minimum Gasteiger partial charge on any atom is -0.393 e. The minimum atomic E-state index is -0.465. The first-order valence-electron chi connectivity index (χ1n) is 6.71. The van der Waals surface area contributed by atoms with Crippen LogP contribution in [0.4, 0.5) is 4.39 Å². The van der Waals surface area contributed by atoms with Crippen LogP contribution in [-0.2, 0) is 6.54 Å². The maximum Gasteiger partial charge on any atom is 0.140 e. The molecule has 2 unspecified atom stereocenters. The van der Waals surface area contributed by atoms with Crippen LogP contribution in [0.2, 0.25) is 0 Å². The summed E-state index contributed by atoms with van der Waals surface area (Å²) in [5.41, 5.74) is 1.05. The Morgan fingerprint density at radius 3 is 3.05 bits per heavy atom. The quantitative estimate of drug-likeness (QED) is 0.906. The molecule has 1 fully saturated rings. The SMILES string of the molecule is CC(O)CC1CCCN1Cc1ccc(F)c(C#N)c1. The molecule has 0 spiro atoms. The normalized spacial score (nSPS) is 21.3. The first-order chi connectivity index (χ1) is 9.10. The molecule has 1 aromatic rings. The molecule has 1 N–H and O–H groups in total. The predicted molar refractivity (Wildman–Crippen MR) is 70.8 cm³/mol. The summed E-state index contributed by atoms with van der Waals surface area (Å²) in [5, 5.41) is 18.3. The highest BCUT2D eigenvalue weighted by Gasteiger charge is 2.25. The molecule has 0 saturated carbocycles. The van der Waals surface area contributed by atoms with Crippen molar-refractivity contribution < 1.29 is 9.50 Å². The lowest BCUT2D eigenvalue weighted by Crippen LogP contribution is -2.31. The van der Waals surface area contributed by atoms with E-state index >= 15 is 0 Å². The highest BCUT2D eigenvalue weighted by molar-refractivity contribution is 5.34. The average Bonchev–Trinajstić information content (AvgIpc) is 2.78. The summed E-state index contributed by atoms with van der Waals surface area (Å²) >= 11 is 0. The van der Waals surface area contributed by atoms with Gasteiger partial charge in [0.05, 0.1) is 11.7 Å². The van der Waals surface area contributed by atoms with Crippen LogP contribution in [0.5, 0.6) is 0 Å². The summed E-state index contributed by atoms with van der Waals surface area (Å²) in [7, 11) is 0. The molecule has 1 aromatic carbocycles. The molecule has 102 valence electrons. The predicted octanol–water partition coefficient (Wildman–Crippen LogP) is 2.43. The van der Waals surface area contributed by atoms with Gasteiger partial charge in [0.1, 0.15) is 11.9 Å². The number of aliphatic hydroxyl groups excluding tert-OH is 1. The Morgan fingerprint density at radius 1 is 1.58 bits per heavy atom. The van der Waals surface area contributed by atoms with Crippen molar-refractivity contribution in [3.63, 3.8) is 0 Å². The van der Waals surface area contributed by atoms with E-state index in [1.54, 1.807) is 12.1 Å². The van der Waals surface area contributed by atoms with Crippen LogP contribution in [0, 0.1) is 17.1 Å². The van der Waals surface area contributed by atoms with Crippen molar-refractivity contribution >= 4 is 0 Å². The Bertz CT molecular complexity index is 482. The molecular weight excluding hydrogens is 243 g/mol. The summed E-state index contributed by atoms with van der Waals surface area (Å²) in [5.74, 6) is -0.465. The standard InChI is InChI=1S/C15H19FN2O/c1-11(19)7-14-3-2-6-18(14)10-12-4-5-15(16)13(8-12)9-17/h4-5,8,11,14,19H,2-3,6-7,10H2,1H3. The minimum absolute atomic E-state index is 0.101. The topological polar surface area (TPSA) is 47.3 Å². The molecule has 0 radical (unpaired) electrons. The van der Waals surface area contributed by atoms with Crippen molar-refractivity contribution in [1.29, 1.82) is 5.26 Å². The lowest BCUT2D eigenvalue weighted by atomic mass is 10.1. The fourth-order valence-corrected chi connectivity index (χ4v) is 2.75. The lowest BCUT2D eigenvalue weighted by Gasteiger charge is -2.25. The highest BCUT2D eigenvalue weighted by Crippen LogP contribution is 2.24. The molecule has 3 nitrogen and oxygen atoms in total. The summed E-state index contributed by atoms with van der Waals surface area (Å²) in [6.45, 7) is 3.52. The van der Waals surface area contributed by atoms with E-state index in [-0.39, 0.29) is 11.7 Å². The summed E-state index contributed by atoms with van der Waals surface area (Å²) in [6, 6.07) is 6.96. The van der Waals surface area contributed by atoms with E-state index in [1.807, 2.05) is 13.0 Å². The molecule has 1 heterocycles. The van der Waals surface area contributed by atoms with Crippen LogP contribution in [-0.4, -0.2) is 28.7 Å². The van der Waals surface area contributed by atoms with E-state index in [4.69, 9.17) is 5.26 Å². The molecule has 1 aliphatic heterocycles. The number of halogens is 1. The Kier molecular flexibility index (Phi) is 4.52. The van der Waals surface area contributed by atoms with E-state index in [2.05, 4.69) is 4.90 Å². The van der Waals surface area contributed by atoms with E-state index in [9.17, 15) is 9.50 Å². The number of nitrogens with zero attached hydrogens (tertiary/aromatic N) is 2. The van der Waals surface area contributed by atoms with Gasteiger partial charge in [0.25, 0.3) is 0 Å². The lowest BCUT2D eigenvalue weighted by molar-refractivity contribution is 0.131. The number of hydrogen-bond acceptors (Lipinski definition) is 3. The van der Waals surface area contributed by atoms with E-state index in [0.29, 0.717) is 12.6 Å². The van der Waals surface area contributed by atoms with Gasteiger partial charge in [-0.05, 0) is 50.4 Å². The summed E-state index contributed by atoms with van der Waals surface area (Å²) in [6.07, 6.45) is 2.70. The van der Waals surface area contributed by atoms with Gasteiger partial charge in [0.15, 0.2) is 0 Å². The molecule has 0 bridgehead atoms. The van der Waals surface area contributed by atoms with Gasteiger partial charge >= 0.3 is 0 Å². The van der Waals surface area contributed by atoms with Crippen molar-refractivity contribution in [3.05, 3.63) is 35.1 Å². The Morgan fingerprint density at radius 2 is 2.37 bits per heavy atom. The third-order valence-electron chi connectivity index (χ3n) is 3.65. The number of rotatable bonds is 4. The van der Waals surface area contributed by atoms with Gasteiger partial charge < -0.3 is 5.11 Å². The Balaban J connectivity index is 2.06. The van der Waals surface area contributed by atoms with Gasteiger partial charge in [-0.15, -0.1) is 0 Å². The highest BCUT2D eigenvalue weighted by atomic mass is 19.1. The number of aliphatic hydroxyl groups is 1. The zero-order chi connectivity index (χ0) is 13.8. The first-order valence-corrected chi connectivity index (χ1v) is 6.71. The van der Waals surface area contributed by atoms with Gasteiger partial charge in [0.2, 0.25) is 0 Å². The number of benzene rings is 1. The van der Waals surface area contributed by atoms with Crippen molar-refractivity contribution in [2.45, 2.75) is 44.9 Å². The van der Waals surface area contributed by atoms with Crippen LogP contribution in [0.25, 0.3) is 0 Å². The molecular formula is C15H19FN2O. The van der Waals surface area contributed by atoms with E-state index in [1.165, 1.54) is 6.07 Å². The second-order valence-electron chi connectivity index (χ2n) is 5.28. The zero-order valence-corrected chi connectivity index (χ0v) is 11.1. The number of nitriles is 1. The Hall–Kier alpha value is -1.44. The Labute approximate surface area is 113 Å². The van der Waals surface area contributed by atoms with Crippen LogP contribution in [0.15, 0.2) is 18.2 Å². The molecule has 4 heteroatoms. The molecule has 2 atom stereocenters. The molecule has 2 rings (SSSR count). The van der Waals surface area contributed by atoms with Gasteiger partial charge in [0, 0.05) is 12.6 Å². The molecule has 19 heavy (non-hydrogen) atoms. The third-order valence-corrected chi connectivity index (χ3v) is 3.65. The molecule has 1 saturated heterocycles. The average molecular weight is 262 g/mol. The van der Waals surface area contributed by atoms with Crippen molar-refractivity contribution in [2.75, 3.05) is 6.54 Å². The van der Waals surface area contributed by atoms with Gasteiger partial charge in [-0.2, -0.15) is 5.26 Å². The van der Waals surface area contributed by atoms with Gasteiger partial charge in [-0.1, -0.05) is 6.07 Å². The molecule has 0 aliphatic carbocycles. The fraction of sp³-hybridized carbons (Fsp3) is 0.533. The van der Waals surface area contributed by atoms with E-state index < -0.39 is 5.82 Å². The third kappa shape index (κ3) is 3.52. The maximum absolute atomic E-state index is 13.3. The van der Waals surface area contributed by atoms with Crippen molar-refractivity contribution in [1.82, 2.24) is 4.90 Å². The van der Waals surface area contributed by atoms with Gasteiger partial charge in [-0.25, -0.2) is 4.39 Å². The second kappa shape index (κ2) is 6.14. The number of likely N-dealkylation sites (tertiary alicyclic amines) is 1. The zero-order valence-electron chi connectivity index (χ0n) is 11.1. The molecule has 0 aromatic heterocycles. The van der Waals surface area contributed by atoms with E-state index in [0.717, 1.165) is 31.4 Å². The monoisotopic (exact) mass is 262 g/mol. The summed E-state index contributed by atoms with van der Waals surface area (Å²) < 4.78 is 13.3. The number of hydrogen-bond donors (Lipinski definition) is 1. The maximum atomic E-state index is 13.3. The van der Waals surface area contributed by atoms with Crippen molar-refractivity contribution in [2.24, 2.45) is 0 Å². The molecule has 0 amide bonds. The second-order valence-corrected chi connectivity index (χ2v) is 5.28. The summed E-state index contributed by atoms with van der Waals surface area (Å²) in [4.78, 5) is 2.31.